The van der Waals surface area contributed by atoms with Crippen LogP contribution in [-0.2, 0) is 19.1 Å². The molecule has 1 heterocycles. The van der Waals surface area contributed by atoms with Gasteiger partial charge in [-0.3, -0.25) is 9.59 Å². The summed E-state index contributed by atoms with van der Waals surface area (Å²) >= 11 is 0. The summed E-state index contributed by atoms with van der Waals surface area (Å²) < 4.78 is 11.9. The van der Waals surface area contributed by atoms with Crippen molar-refractivity contribution < 1.29 is 19.1 Å². The Morgan fingerprint density at radius 3 is 2.76 bits per heavy atom. The van der Waals surface area contributed by atoms with E-state index >= 15 is 0 Å². The van der Waals surface area contributed by atoms with Crippen molar-refractivity contribution in [2.24, 2.45) is 17.3 Å². The van der Waals surface area contributed by atoms with Gasteiger partial charge >= 0.3 is 5.97 Å². The normalized spacial score (nSPS) is 44.3. The molecule has 21 heavy (non-hydrogen) atoms. The zero-order valence-corrected chi connectivity index (χ0v) is 13.5. The Balaban J connectivity index is 1.96. The lowest BCUT2D eigenvalue weighted by atomic mass is 9.52. The van der Waals surface area contributed by atoms with Crippen molar-refractivity contribution in [3.8, 4) is 0 Å². The second-order valence-corrected chi connectivity index (χ2v) is 8.01. The first kappa shape index (κ1) is 15.0. The molecule has 2 unspecified atom stereocenters. The molecule has 2 saturated carbocycles. The summed E-state index contributed by atoms with van der Waals surface area (Å²) in [5.74, 6) is 0.540. The van der Waals surface area contributed by atoms with Crippen LogP contribution in [0.3, 0.4) is 0 Å². The highest BCUT2D eigenvalue weighted by atomic mass is 16.5. The number of carbonyl (C=O) groups is 2. The molecule has 3 aliphatic rings. The van der Waals surface area contributed by atoms with Gasteiger partial charge < -0.3 is 9.47 Å². The van der Waals surface area contributed by atoms with Gasteiger partial charge in [0.25, 0.3) is 0 Å². The largest absolute Gasteiger partial charge is 0.465 e. The molecule has 4 heteroatoms. The number of fused-ring (bicyclic) bond motifs is 1. The van der Waals surface area contributed by atoms with Crippen LogP contribution in [-0.4, -0.2) is 29.6 Å². The second-order valence-electron chi connectivity index (χ2n) is 8.01. The molecule has 4 nitrogen and oxygen atoms in total. The number of ketones is 1. The van der Waals surface area contributed by atoms with Gasteiger partial charge in [-0.1, -0.05) is 6.92 Å². The number of carbonyl (C=O) groups excluding carboxylic acids is 2. The van der Waals surface area contributed by atoms with Crippen LogP contribution in [0.15, 0.2) is 0 Å². The number of Topliss-reactive ketones (excluding diaryl/α,β-unsaturated/α-hetero) is 1. The Morgan fingerprint density at radius 1 is 1.38 bits per heavy atom. The molecule has 1 aliphatic heterocycles. The van der Waals surface area contributed by atoms with Gasteiger partial charge in [-0.15, -0.1) is 0 Å². The van der Waals surface area contributed by atoms with Gasteiger partial charge in [0.1, 0.15) is 5.78 Å². The molecule has 0 aromatic carbocycles. The van der Waals surface area contributed by atoms with Crippen molar-refractivity contribution in [2.45, 2.75) is 71.0 Å². The third-order valence-electron chi connectivity index (χ3n) is 6.25. The summed E-state index contributed by atoms with van der Waals surface area (Å²) in [4.78, 5) is 23.4. The van der Waals surface area contributed by atoms with E-state index in [0.29, 0.717) is 25.4 Å². The molecule has 0 amide bonds. The van der Waals surface area contributed by atoms with Crippen LogP contribution < -0.4 is 0 Å². The topological polar surface area (TPSA) is 52.6 Å². The van der Waals surface area contributed by atoms with Crippen molar-refractivity contribution in [1.82, 2.24) is 0 Å². The van der Waals surface area contributed by atoms with E-state index in [-0.39, 0.29) is 34.3 Å². The van der Waals surface area contributed by atoms with Crippen LogP contribution in [0, 0.1) is 17.3 Å². The van der Waals surface area contributed by atoms with Gasteiger partial charge in [0.15, 0.2) is 0 Å². The van der Waals surface area contributed by atoms with Gasteiger partial charge in [0, 0.05) is 31.1 Å². The molecule has 4 atom stereocenters. The summed E-state index contributed by atoms with van der Waals surface area (Å²) in [6, 6.07) is 0. The standard InChI is InChI=1S/C17H26O4/c1-11(18)20-10-13-7-14(19)9-16(4)6-5-12-8-17(13,16)21-15(12,2)3/h12-13H,5-10H2,1-4H3/t12?,13?,16-,17+/m1/s1. The SMILES string of the molecule is CC(=O)OCC1CC(=O)C[C@@]2(C)CCC3C[C@]12OC3(C)C. The summed E-state index contributed by atoms with van der Waals surface area (Å²) in [5, 5.41) is 0. The highest BCUT2D eigenvalue weighted by Crippen LogP contribution is 2.65. The van der Waals surface area contributed by atoms with Crippen LogP contribution in [0.4, 0.5) is 0 Å². The van der Waals surface area contributed by atoms with Crippen LogP contribution >= 0.6 is 0 Å². The number of rotatable bonds is 2. The molecule has 1 saturated heterocycles. The van der Waals surface area contributed by atoms with Crippen molar-refractivity contribution >= 4 is 11.8 Å². The zero-order chi connectivity index (χ0) is 15.5. The summed E-state index contributed by atoms with van der Waals surface area (Å²) in [6.45, 7) is 8.25. The first-order valence-electron chi connectivity index (χ1n) is 8.04. The molecule has 0 aromatic rings. The van der Waals surface area contributed by atoms with Crippen molar-refractivity contribution in [3.63, 3.8) is 0 Å². The number of ether oxygens (including phenoxy) is 2. The quantitative estimate of drug-likeness (QED) is 0.735. The van der Waals surface area contributed by atoms with Crippen LogP contribution in [0.5, 0.6) is 0 Å². The first-order valence-corrected chi connectivity index (χ1v) is 8.04. The van der Waals surface area contributed by atoms with Gasteiger partial charge in [-0.2, -0.15) is 0 Å². The Labute approximate surface area is 126 Å². The Bertz CT molecular complexity index is 483. The van der Waals surface area contributed by atoms with Gasteiger partial charge in [0.05, 0.1) is 17.8 Å². The highest BCUT2D eigenvalue weighted by Gasteiger charge is 2.67. The van der Waals surface area contributed by atoms with Crippen LogP contribution in [0.2, 0.25) is 0 Å². The minimum Gasteiger partial charge on any atom is -0.465 e. The molecular formula is C17H26O4. The van der Waals surface area contributed by atoms with Gasteiger partial charge in [-0.25, -0.2) is 0 Å². The molecule has 2 aliphatic carbocycles. The highest BCUT2D eigenvalue weighted by molar-refractivity contribution is 5.81. The molecule has 3 fully saturated rings. The summed E-state index contributed by atoms with van der Waals surface area (Å²) in [5.41, 5.74) is -0.563. The Kier molecular flexibility index (Phi) is 3.25. The van der Waals surface area contributed by atoms with Crippen LogP contribution in [0.1, 0.15) is 59.8 Å². The van der Waals surface area contributed by atoms with E-state index in [1.54, 1.807) is 0 Å². The zero-order valence-electron chi connectivity index (χ0n) is 13.5. The predicted molar refractivity (Wildman–Crippen MR) is 77.7 cm³/mol. The lowest BCUT2D eigenvalue weighted by Gasteiger charge is -2.55. The smallest absolute Gasteiger partial charge is 0.302 e. The Morgan fingerprint density at radius 2 is 2.10 bits per heavy atom. The molecule has 1 spiro atoms. The average Bonchev–Trinajstić information content (AvgIpc) is 2.59. The van der Waals surface area contributed by atoms with E-state index in [1.165, 1.54) is 6.92 Å². The van der Waals surface area contributed by atoms with E-state index in [1.807, 2.05) is 0 Å². The van der Waals surface area contributed by atoms with Crippen molar-refractivity contribution in [3.05, 3.63) is 0 Å². The first-order chi connectivity index (χ1) is 9.68. The lowest BCUT2D eigenvalue weighted by Crippen LogP contribution is -2.59. The van der Waals surface area contributed by atoms with E-state index in [9.17, 15) is 9.59 Å². The third-order valence-corrected chi connectivity index (χ3v) is 6.25. The van der Waals surface area contributed by atoms with Gasteiger partial charge in [-0.05, 0) is 39.0 Å². The molecule has 118 valence electrons. The maximum absolute atomic E-state index is 12.2. The molecule has 3 rings (SSSR count). The molecule has 0 radical (unpaired) electrons. The molecule has 0 aromatic heterocycles. The predicted octanol–water partition coefficient (Wildman–Crippen LogP) is 2.88. The van der Waals surface area contributed by atoms with E-state index in [4.69, 9.17) is 9.47 Å². The number of hydrogen-bond donors (Lipinski definition) is 0. The maximum Gasteiger partial charge on any atom is 0.302 e. The van der Waals surface area contributed by atoms with Crippen molar-refractivity contribution in [2.75, 3.05) is 6.61 Å². The second kappa shape index (κ2) is 4.55. The fourth-order valence-corrected chi connectivity index (χ4v) is 5.07. The summed E-state index contributed by atoms with van der Waals surface area (Å²) in [6.07, 6.45) is 4.23. The summed E-state index contributed by atoms with van der Waals surface area (Å²) in [7, 11) is 0. The fourth-order valence-electron chi connectivity index (χ4n) is 5.07. The monoisotopic (exact) mass is 294 g/mol. The Hall–Kier alpha value is -0.900. The fraction of sp³-hybridized carbons (Fsp3) is 0.882. The number of esters is 1. The average molecular weight is 294 g/mol. The van der Waals surface area contributed by atoms with Crippen LogP contribution in [0.25, 0.3) is 0 Å². The van der Waals surface area contributed by atoms with E-state index in [0.717, 1.165) is 19.3 Å². The van der Waals surface area contributed by atoms with Gasteiger partial charge in [0.2, 0.25) is 0 Å². The maximum atomic E-state index is 12.2. The molecule has 0 N–H and O–H groups in total. The minimum atomic E-state index is -0.303. The minimum absolute atomic E-state index is 0.00257. The lowest BCUT2D eigenvalue weighted by molar-refractivity contribution is -0.206. The number of hydrogen-bond acceptors (Lipinski definition) is 4. The van der Waals surface area contributed by atoms with Crippen molar-refractivity contribution in [1.29, 1.82) is 0 Å². The molecule has 2 bridgehead atoms. The third kappa shape index (κ3) is 2.14. The molecular weight excluding hydrogens is 268 g/mol. The van der Waals surface area contributed by atoms with E-state index in [2.05, 4.69) is 20.8 Å². The van der Waals surface area contributed by atoms with E-state index < -0.39 is 0 Å².